The van der Waals surface area contributed by atoms with Crippen molar-refractivity contribution in [1.29, 1.82) is 0 Å². The average Bonchev–Trinajstić information content (AvgIpc) is 2.63. The molecule has 0 amide bonds. The molecular weight excluding hydrogens is 304 g/mol. The van der Waals surface area contributed by atoms with E-state index in [2.05, 4.69) is 46.3 Å². The molecule has 2 aromatic rings. The molecule has 0 atom stereocenters. The second-order valence-electron chi connectivity index (χ2n) is 4.63. The number of halogens is 1. The second-order valence-corrected chi connectivity index (χ2v) is 5.43. The molecule has 102 valence electrons. The van der Waals surface area contributed by atoms with Gasteiger partial charge in [-0.05, 0) is 47.8 Å². The SMILES string of the molecule is CCCn1nc(C)c(N)c1Nc1cccc(C)c1Br. The standard InChI is InChI=1S/C14H19BrN4/c1-4-8-19-14(13(16)10(3)18-19)17-11-7-5-6-9(2)12(11)15/h5-7,17H,4,8,16H2,1-3H3. The third-order valence-corrected chi connectivity index (χ3v) is 4.11. The van der Waals surface area contributed by atoms with Crippen LogP contribution < -0.4 is 11.1 Å². The molecule has 2 rings (SSSR count). The van der Waals surface area contributed by atoms with Gasteiger partial charge in [0.25, 0.3) is 0 Å². The summed E-state index contributed by atoms with van der Waals surface area (Å²) in [5.74, 6) is 0.866. The summed E-state index contributed by atoms with van der Waals surface area (Å²) in [6, 6.07) is 6.11. The van der Waals surface area contributed by atoms with Crippen LogP contribution >= 0.6 is 15.9 Å². The van der Waals surface area contributed by atoms with Crippen LogP contribution in [0.3, 0.4) is 0 Å². The molecule has 5 heteroatoms. The summed E-state index contributed by atoms with van der Waals surface area (Å²) in [6.45, 7) is 6.97. The number of benzene rings is 1. The highest BCUT2D eigenvalue weighted by molar-refractivity contribution is 9.10. The zero-order chi connectivity index (χ0) is 14.0. The molecule has 0 saturated heterocycles. The summed E-state index contributed by atoms with van der Waals surface area (Å²) < 4.78 is 2.98. The molecule has 0 spiro atoms. The molecule has 0 bridgehead atoms. The Bertz CT molecular complexity index is 589. The third kappa shape index (κ3) is 2.76. The monoisotopic (exact) mass is 322 g/mol. The highest BCUT2D eigenvalue weighted by Crippen LogP contribution is 2.32. The van der Waals surface area contributed by atoms with E-state index in [0.717, 1.165) is 34.6 Å². The molecule has 3 N–H and O–H groups in total. The summed E-state index contributed by atoms with van der Waals surface area (Å²) in [4.78, 5) is 0. The van der Waals surface area contributed by atoms with Crippen LogP contribution in [0.25, 0.3) is 0 Å². The molecule has 1 heterocycles. The van der Waals surface area contributed by atoms with E-state index in [9.17, 15) is 0 Å². The largest absolute Gasteiger partial charge is 0.394 e. The number of nitrogens with zero attached hydrogens (tertiary/aromatic N) is 2. The van der Waals surface area contributed by atoms with Gasteiger partial charge in [0.05, 0.1) is 17.1 Å². The van der Waals surface area contributed by atoms with Crippen LogP contribution in [-0.4, -0.2) is 9.78 Å². The molecule has 0 aliphatic carbocycles. The van der Waals surface area contributed by atoms with E-state index in [1.165, 1.54) is 5.56 Å². The van der Waals surface area contributed by atoms with Crippen LogP contribution in [0.2, 0.25) is 0 Å². The maximum Gasteiger partial charge on any atom is 0.152 e. The summed E-state index contributed by atoms with van der Waals surface area (Å²) in [5.41, 5.74) is 9.87. The predicted octanol–water partition coefficient (Wildman–Crippen LogP) is 4.00. The number of nitrogens with two attached hydrogens (primary N) is 1. The van der Waals surface area contributed by atoms with Gasteiger partial charge in [0.1, 0.15) is 0 Å². The number of hydrogen-bond donors (Lipinski definition) is 2. The number of nitrogen functional groups attached to an aromatic ring is 1. The second kappa shape index (κ2) is 5.65. The van der Waals surface area contributed by atoms with Crippen molar-refractivity contribution < 1.29 is 0 Å². The van der Waals surface area contributed by atoms with Crippen molar-refractivity contribution in [2.24, 2.45) is 0 Å². The Kier molecular flexibility index (Phi) is 4.14. The maximum atomic E-state index is 6.11. The van der Waals surface area contributed by atoms with Crippen molar-refractivity contribution in [3.63, 3.8) is 0 Å². The summed E-state index contributed by atoms with van der Waals surface area (Å²) in [6.07, 6.45) is 1.02. The number of hydrogen-bond acceptors (Lipinski definition) is 3. The Hall–Kier alpha value is -1.49. The molecule has 0 radical (unpaired) electrons. The van der Waals surface area contributed by atoms with Crippen molar-refractivity contribution >= 4 is 33.1 Å². The molecule has 1 aromatic carbocycles. The Morgan fingerprint density at radius 2 is 2.11 bits per heavy atom. The van der Waals surface area contributed by atoms with Crippen LogP contribution in [0.5, 0.6) is 0 Å². The molecular formula is C14H19BrN4. The number of nitrogens with one attached hydrogen (secondary N) is 1. The number of aromatic nitrogens is 2. The van der Waals surface area contributed by atoms with E-state index in [1.807, 2.05) is 23.7 Å². The Balaban J connectivity index is 2.40. The van der Waals surface area contributed by atoms with Crippen LogP contribution in [0.15, 0.2) is 22.7 Å². The lowest BCUT2D eigenvalue weighted by Crippen LogP contribution is -2.06. The van der Waals surface area contributed by atoms with Crippen LogP contribution in [-0.2, 0) is 6.54 Å². The van der Waals surface area contributed by atoms with Gasteiger partial charge in [0, 0.05) is 11.0 Å². The minimum absolute atomic E-state index is 0.710. The van der Waals surface area contributed by atoms with Crippen molar-refractivity contribution in [2.75, 3.05) is 11.1 Å². The summed E-state index contributed by atoms with van der Waals surface area (Å²) in [7, 11) is 0. The lowest BCUT2D eigenvalue weighted by molar-refractivity contribution is 0.605. The smallest absolute Gasteiger partial charge is 0.152 e. The lowest BCUT2D eigenvalue weighted by Gasteiger charge is -2.12. The summed E-state index contributed by atoms with van der Waals surface area (Å²) in [5, 5.41) is 7.85. The van der Waals surface area contributed by atoms with Crippen LogP contribution in [0.4, 0.5) is 17.2 Å². The van der Waals surface area contributed by atoms with E-state index in [1.54, 1.807) is 0 Å². The molecule has 0 aliphatic rings. The maximum absolute atomic E-state index is 6.11. The Morgan fingerprint density at radius 3 is 2.79 bits per heavy atom. The number of aryl methyl sites for hydroxylation is 3. The van der Waals surface area contributed by atoms with E-state index >= 15 is 0 Å². The van der Waals surface area contributed by atoms with Crippen molar-refractivity contribution in [2.45, 2.75) is 33.7 Å². The molecule has 1 aromatic heterocycles. The minimum Gasteiger partial charge on any atom is -0.394 e. The molecule has 0 aliphatic heterocycles. The highest BCUT2D eigenvalue weighted by atomic mass is 79.9. The average molecular weight is 323 g/mol. The fourth-order valence-electron chi connectivity index (χ4n) is 1.97. The first kappa shape index (κ1) is 13.9. The van der Waals surface area contributed by atoms with E-state index < -0.39 is 0 Å². The molecule has 19 heavy (non-hydrogen) atoms. The van der Waals surface area contributed by atoms with E-state index in [4.69, 9.17) is 5.73 Å². The first-order valence-electron chi connectivity index (χ1n) is 6.39. The van der Waals surface area contributed by atoms with Gasteiger partial charge in [0.15, 0.2) is 5.82 Å². The lowest BCUT2D eigenvalue weighted by atomic mass is 10.2. The first-order chi connectivity index (χ1) is 9.04. The van der Waals surface area contributed by atoms with E-state index in [-0.39, 0.29) is 0 Å². The fraction of sp³-hybridized carbons (Fsp3) is 0.357. The van der Waals surface area contributed by atoms with E-state index in [0.29, 0.717) is 5.69 Å². The van der Waals surface area contributed by atoms with Crippen molar-refractivity contribution in [3.05, 3.63) is 33.9 Å². The van der Waals surface area contributed by atoms with Gasteiger partial charge in [-0.25, -0.2) is 4.68 Å². The quantitative estimate of drug-likeness (QED) is 0.894. The topological polar surface area (TPSA) is 55.9 Å². The first-order valence-corrected chi connectivity index (χ1v) is 7.19. The zero-order valence-corrected chi connectivity index (χ0v) is 13.1. The van der Waals surface area contributed by atoms with Crippen LogP contribution in [0.1, 0.15) is 24.6 Å². The van der Waals surface area contributed by atoms with Gasteiger partial charge in [-0.15, -0.1) is 0 Å². The number of anilines is 3. The predicted molar refractivity (Wildman–Crippen MR) is 83.8 cm³/mol. The van der Waals surface area contributed by atoms with Crippen molar-refractivity contribution in [1.82, 2.24) is 9.78 Å². The highest BCUT2D eigenvalue weighted by Gasteiger charge is 2.13. The van der Waals surface area contributed by atoms with Gasteiger partial charge in [-0.2, -0.15) is 5.10 Å². The Morgan fingerprint density at radius 1 is 1.37 bits per heavy atom. The normalized spacial score (nSPS) is 10.7. The van der Waals surface area contributed by atoms with Crippen molar-refractivity contribution in [3.8, 4) is 0 Å². The van der Waals surface area contributed by atoms with Gasteiger partial charge >= 0.3 is 0 Å². The molecule has 0 saturated carbocycles. The van der Waals surface area contributed by atoms with Gasteiger partial charge in [-0.1, -0.05) is 19.1 Å². The Labute approximate surface area is 122 Å². The minimum atomic E-state index is 0.710. The number of rotatable bonds is 4. The third-order valence-electron chi connectivity index (χ3n) is 3.05. The fourth-order valence-corrected chi connectivity index (χ4v) is 2.34. The molecule has 0 unspecified atom stereocenters. The molecule has 0 fully saturated rings. The van der Waals surface area contributed by atoms with Gasteiger partial charge in [-0.3, -0.25) is 0 Å². The van der Waals surface area contributed by atoms with Gasteiger partial charge < -0.3 is 11.1 Å². The molecule has 4 nitrogen and oxygen atoms in total. The summed E-state index contributed by atoms with van der Waals surface area (Å²) >= 11 is 3.60. The van der Waals surface area contributed by atoms with Gasteiger partial charge in [0.2, 0.25) is 0 Å². The zero-order valence-electron chi connectivity index (χ0n) is 11.5. The van der Waals surface area contributed by atoms with Crippen LogP contribution in [0, 0.1) is 13.8 Å².